The predicted molar refractivity (Wildman–Crippen MR) is 89.0 cm³/mol. The van der Waals surface area contributed by atoms with Crippen LogP contribution in [0.3, 0.4) is 0 Å². The molecule has 4 rings (SSSR count). The van der Waals surface area contributed by atoms with Crippen LogP contribution in [0.5, 0.6) is 0 Å². The van der Waals surface area contributed by atoms with Gasteiger partial charge in [0.2, 0.25) is 5.91 Å². The second kappa shape index (κ2) is 5.81. The van der Waals surface area contributed by atoms with Gasteiger partial charge in [-0.3, -0.25) is 14.0 Å². The van der Waals surface area contributed by atoms with E-state index in [2.05, 4.69) is 10.4 Å². The van der Waals surface area contributed by atoms with E-state index in [1.807, 2.05) is 17.4 Å². The Labute approximate surface area is 138 Å². The van der Waals surface area contributed by atoms with Crippen molar-refractivity contribution in [1.29, 1.82) is 0 Å². The van der Waals surface area contributed by atoms with Gasteiger partial charge in [0.1, 0.15) is 17.9 Å². The third-order valence-electron chi connectivity index (χ3n) is 4.70. The second-order valence-electron chi connectivity index (χ2n) is 6.32. The van der Waals surface area contributed by atoms with Crippen LogP contribution in [0.1, 0.15) is 38.4 Å². The first-order chi connectivity index (χ1) is 11.7. The number of rotatable bonds is 4. The van der Waals surface area contributed by atoms with Gasteiger partial charge in [0.05, 0.1) is 11.8 Å². The van der Waals surface area contributed by atoms with E-state index in [0.717, 1.165) is 37.0 Å². The zero-order valence-corrected chi connectivity index (χ0v) is 13.6. The molecule has 7 heteroatoms. The number of carbonyl (C=O) groups excluding carboxylic acids is 1. The van der Waals surface area contributed by atoms with Crippen molar-refractivity contribution in [2.24, 2.45) is 0 Å². The van der Waals surface area contributed by atoms with E-state index in [0.29, 0.717) is 17.5 Å². The second-order valence-corrected chi connectivity index (χ2v) is 6.32. The van der Waals surface area contributed by atoms with Crippen LogP contribution < -0.4 is 10.9 Å². The van der Waals surface area contributed by atoms with Gasteiger partial charge in [-0.05, 0) is 12.8 Å². The molecule has 1 aliphatic rings. The van der Waals surface area contributed by atoms with Crippen molar-refractivity contribution in [2.45, 2.75) is 51.6 Å². The van der Waals surface area contributed by atoms with Gasteiger partial charge in [0, 0.05) is 24.6 Å². The van der Waals surface area contributed by atoms with Gasteiger partial charge < -0.3 is 9.73 Å². The Bertz CT molecular complexity index is 959. The summed E-state index contributed by atoms with van der Waals surface area (Å²) < 4.78 is 8.46. The molecule has 0 atom stereocenters. The first kappa shape index (κ1) is 15.0. The smallest absolute Gasteiger partial charge is 0.291 e. The zero-order chi connectivity index (χ0) is 16.7. The molecule has 1 amide bonds. The highest BCUT2D eigenvalue weighted by molar-refractivity contribution is 5.82. The molecule has 1 N–H and O–H groups in total. The van der Waals surface area contributed by atoms with Crippen LogP contribution >= 0.6 is 0 Å². The fraction of sp³-hybridized carbons (Fsp3) is 0.471. The molecule has 0 bridgehead atoms. The number of nitrogens with zero attached hydrogens (tertiary/aromatic N) is 3. The Morgan fingerprint density at radius 3 is 2.92 bits per heavy atom. The maximum atomic E-state index is 12.7. The summed E-state index contributed by atoms with van der Waals surface area (Å²) in [5.74, 6) is 0.577. The minimum Gasteiger partial charge on any atom is -0.463 e. The number of nitrogens with one attached hydrogen (secondary N) is 1. The summed E-state index contributed by atoms with van der Waals surface area (Å²) in [6.45, 7) is 1.92. The first-order valence-electron chi connectivity index (χ1n) is 8.45. The number of furan rings is 1. The van der Waals surface area contributed by atoms with Crippen molar-refractivity contribution >= 4 is 22.5 Å². The Morgan fingerprint density at radius 1 is 1.38 bits per heavy atom. The normalized spacial score (nSPS) is 15.5. The molecule has 0 radical (unpaired) electrons. The predicted octanol–water partition coefficient (Wildman–Crippen LogP) is 1.86. The van der Waals surface area contributed by atoms with Crippen molar-refractivity contribution in [1.82, 2.24) is 19.5 Å². The van der Waals surface area contributed by atoms with E-state index < -0.39 is 0 Å². The molecule has 3 heterocycles. The molecule has 0 aliphatic heterocycles. The Hall–Kier alpha value is -2.57. The molecule has 3 aromatic heterocycles. The molecule has 7 nitrogen and oxygen atoms in total. The number of hydrogen-bond donors (Lipinski definition) is 1. The third kappa shape index (κ3) is 2.40. The van der Waals surface area contributed by atoms with Crippen molar-refractivity contribution in [2.75, 3.05) is 0 Å². The topological polar surface area (TPSA) is 81.5 Å². The molecule has 0 saturated heterocycles. The highest BCUT2D eigenvalue weighted by atomic mass is 16.3. The molecule has 0 spiro atoms. The number of hydrogen-bond acceptors (Lipinski definition) is 4. The molecule has 126 valence electrons. The number of aromatic nitrogens is 3. The summed E-state index contributed by atoms with van der Waals surface area (Å²) in [4.78, 5) is 24.9. The van der Waals surface area contributed by atoms with Gasteiger partial charge in [-0.15, -0.1) is 0 Å². The lowest BCUT2D eigenvalue weighted by Crippen LogP contribution is -2.39. The lowest BCUT2D eigenvalue weighted by atomic mass is 10.2. The van der Waals surface area contributed by atoms with Gasteiger partial charge in [-0.1, -0.05) is 19.8 Å². The molecule has 0 aromatic carbocycles. The van der Waals surface area contributed by atoms with Gasteiger partial charge in [-0.25, -0.2) is 4.68 Å². The summed E-state index contributed by atoms with van der Waals surface area (Å²) >= 11 is 0. The van der Waals surface area contributed by atoms with Crippen molar-refractivity contribution < 1.29 is 9.21 Å². The Balaban J connectivity index is 1.71. The molecule has 1 aliphatic carbocycles. The Morgan fingerprint density at radius 2 is 2.17 bits per heavy atom. The number of aryl methyl sites for hydroxylation is 1. The minimum atomic E-state index is -0.278. The summed E-state index contributed by atoms with van der Waals surface area (Å²) in [5.41, 5.74) is 1.69. The summed E-state index contributed by atoms with van der Waals surface area (Å²) in [6, 6.07) is 3.77. The number of fused-ring (bicyclic) bond motifs is 3. The summed E-state index contributed by atoms with van der Waals surface area (Å²) in [7, 11) is 0. The van der Waals surface area contributed by atoms with Crippen LogP contribution in [0.4, 0.5) is 0 Å². The molecule has 3 aromatic rings. The summed E-state index contributed by atoms with van der Waals surface area (Å²) in [6.07, 6.45) is 6.58. The van der Waals surface area contributed by atoms with Crippen LogP contribution in [0.25, 0.3) is 16.6 Å². The lowest BCUT2D eigenvalue weighted by molar-refractivity contribution is -0.122. The van der Waals surface area contributed by atoms with E-state index in [-0.39, 0.29) is 24.1 Å². The lowest BCUT2D eigenvalue weighted by Gasteiger charge is -2.13. The SMILES string of the molecule is CCc1nn(CC(=O)NC2CCCC2)c(=O)c2cc3occc3n12. The van der Waals surface area contributed by atoms with Crippen LogP contribution in [-0.4, -0.2) is 26.1 Å². The molecule has 24 heavy (non-hydrogen) atoms. The Kier molecular flexibility index (Phi) is 3.63. The van der Waals surface area contributed by atoms with Crippen LogP contribution in [0.15, 0.2) is 27.6 Å². The fourth-order valence-corrected chi connectivity index (χ4v) is 3.54. The van der Waals surface area contributed by atoms with Crippen molar-refractivity contribution in [3.8, 4) is 0 Å². The van der Waals surface area contributed by atoms with Crippen LogP contribution in [0.2, 0.25) is 0 Å². The standard InChI is InChI=1S/C17H20N4O3/c1-2-15-19-20(10-16(22)18-11-5-3-4-6-11)17(23)13-9-14-12(21(13)15)7-8-24-14/h7-9,11H,2-6,10H2,1H3,(H,18,22). The third-order valence-corrected chi connectivity index (χ3v) is 4.70. The minimum absolute atomic E-state index is 0.0502. The van der Waals surface area contributed by atoms with E-state index >= 15 is 0 Å². The highest BCUT2D eigenvalue weighted by Gasteiger charge is 2.19. The number of carbonyl (C=O) groups is 1. The van der Waals surface area contributed by atoms with Gasteiger partial charge in [-0.2, -0.15) is 5.10 Å². The molecule has 1 saturated carbocycles. The van der Waals surface area contributed by atoms with E-state index in [9.17, 15) is 9.59 Å². The quantitative estimate of drug-likeness (QED) is 0.792. The van der Waals surface area contributed by atoms with Crippen molar-refractivity contribution in [3.63, 3.8) is 0 Å². The zero-order valence-electron chi connectivity index (χ0n) is 13.6. The van der Waals surface area contributed by atoms with E-state index in [1.54, 1.807) is 12.3 Å². The monoisotopic (exact) mass is 328 g/mol. The number of amides is 1. The van der Waals surface area contributed by atoms with E-state index in [1.165, 1.54) is 4.68 Å². The van der Waals surface area contributed by atoms with Crippen LogP contribution in [0, 0.1) is 0 Å². The maximum absolute atomic E-state index is 12.7. The van der Waals surface area contributed by atoms with Gasteiger partial charge >= 0.3 is 0 Å². The molecular formula is C17H20N4O3. The average Bonchev–Trinajstić information content (AvgIpc) is 3.26. The van der Waals surface area contributed by atoms with Gasteiger partial charge in [0.15, 0.2) is 5.58 Å². The fourth-order valence-electron chi connectivity index (χ4n) is 3.54. The molecule has 1 fully saturated rings. The largest absolute Gasteiger partial charge is 0.463 e. The first-order valence-corrected chi connectivity index (χ1v) is 8.45. The van der Waals surface area contributed by atoms with Crippen molar-refractivity contribution in [3.05, 3.63) is 34.6 Å². The summed E-state index contributed by atoms with van der Waals surface area (Å²) in [5, 5.41) is 7.40. The molecule has 0 unspecified atom stereocenters. The maximum Gasteiger partial charge on any atom is 0.291 e. The average molecular weight is 328 g/mol. The van der Waals surface area contributed by atoms with Gasteiger partial charge in [0.25, 0.3) is 5.56 Å². The van der Waals surface area contributed by atoms with Crippen LogP contribution in [-0.2, 0) is 17.8 Å². The molecular weight excluding hydrogens is 308 g/mol. The van der Waals surface area contributed by atoms with E-state index in [4.69, 9.17) is 4.42 Å². The highest BCUT2D eigenvalue weighted by Crippen LogP contribution is 2.20.